The van der Waals surface area contributed by atoms with Gasteiger partial charge in [0.25, 0.3) is 0 Å². The first kappa shape index (κ1) is 13.8. The summed E-state index contributed by atoms with van der Waals surface area (Å²) in [5.41, 5.74) is 0.747. The number of nitrogens with one attached hydrogen (secondary N) is 2. The maximum atomic E-state index is 11.5. The number of hydrogen-bond acceptors (Lipinski definition) is 4. The monoisotopic (exact) mass is 325 g/mol. The molecule has 0 aromatic carbocycles. The van der Waals surface area contributed by atoms with Crippen LogP contribution in [0.2, 0.25) is 0 Å². The maximum Gasteiger partial charge on any atom is 0.221 e. The molecular weight excluding hydrogens is 310 g/mol. The van der Waals surface area contributed by atoms with E-state index in [0.29, 0.717) is 18.8 Å². The molecule has 19 heavy (non-hydrogen) atoms. The predicted molar refractivity (Wildman–Crippen MR) is 77.1 cm³/mol. The second-order valence-corrected chi connectivity index (χ2v) is 4.91. The first-order valence-corrected chi connectivity index (χ1v) is 6.99. The molecule has 0 aliphatic heterocycles. The van der Waals surface area contributed by atoms with E-state index in [0.717, 1.165) is 23.2 Å². The molecule has 0 unspecified atom stereocenters. The van der Waals surface area contributed by atoms with Gasteiger partial charge in [0.1, 0.15) is 4.60 Å². The molecular formula is C12H16BrN5O. The number of amides is 1. The van der Waals surface area contributed by atoms with Crippen LogP contribution >= 0.6 is 15.9 Å². The van der Waals surface area contributed by atoms with Gasteiger partial charge in [0.15, 0.2) is 11.5 Å². The van der Waals surface area contributed by atoms with Crippen LogP contribution in [-0.2, 0) is 4.79 Å². The molecule has 1 amide bonds. The van der Waals surface area contributed by atoms with E-state index < -0.39 is 0 Å². The Hall–Kier alpha value is -1.63. The molecule has 6 nitrogen and oxygen atoms in total. The number of rotatable bonds is 6. The van der Waals surface area contributed by atoms with Gasteiger partial charge < -0.3 is 15.0 Å². The molecule has 0 aliphatic rings. The van der Waals surface area contributed by atoms with Crippen molar-refractivity contribution in [2.24, 2.45) is 0 Å². The van der Waals surface area contributed by atoms with Gasteiger partial charge in [-0.2, -0.15) is 0 Å². The highest BCUT2D eigenvalue weighted by Crippen LogP contribution is 2.16. The van der Waals surface area contributed by atoms with E-state index >= 15 is 0 Å². The van der Waals surface area contributed by atoms with E-state index in [1.54, 1.807) is 6.20 Å². The fourth-order valence-electron chi connectivity index (χ4n) is 1.67. The van der Waals surface area contributed by atoms with Gasteiger partial charge in [-0.25, -0.2) is 9.97 Å². The quantitative estimate of drug-likeness (QED) is 0.849. The third kappa shape index (κ3) is 3.66. The zero-order valence-electron chi connectivity index (χ0n) is 10.7. The molecule has 0 saturated heterocycles. The Morgan fingerprint density at radius 3 is 3.11 bits per heavy atom. The Balaban J connectivity index is 1.94. The number of carbonyl (C=O) groups is 1. The fourth-order valence-corrected chi connectivity index (χ4v) is 2.06. The summed E-state index contributed by atoms with van der Waals surface area (Å²) >= 11 is 3.34. The van der Waals surface area contributed by atoms with Gasteiger partial charge in [-0.15, -0.1) is 0 Å². The Morgan fingerprint density at radius 2 is 2.32 bits per heavy atom. The van der Waals surface area contributed by atoms with Crippen LogP contribution in [0, 0.1) is 0 Å². The maximum absolute atomic E-state index is 11.5. The standard InChI is InChI=1S/C12H16BrN5O/c1-2-4-14-10(19)3-5-15-11-12-16-6-7-18(12)8-9(13)17-11/h6-8H,2-5H2,1H3,(H,14,19)(H,15,17). The summed E-state index contributed by atoms with van der Waals surface area (Å²) in [6, 6.07) is 0. The van der Waals surface area contributed by atoms with Crippen molar-refractivity contribution in [1.29, 1.82) is 0 Å². The molecule has 2 aromatic heterocycles. The van der Waals surface area contributed by atoms with E-state index in [9.17, 15) is 4.79 Å². The van der Waals surface area contributed by atoms with Gasteiger partial charge in [-0.1, -0.05) is 6.92 Å². The summed E-state index contributed by atoms with van der Waals surface area (Å²) in [6.07, 6.45) is 6.76. The highest BCUT2D eigenvalue weighted by atomic mass is 79.9. The van der Waals surface area contributed by atoms with E-state index in [2.05, 4.69) is 36.5 Å². The lowest BCUT2D eigenvalue weighted by Crippen LogP contribution is -2.26. The van der Waals surface area contributed by atoms with Crippen molar-refractivity contribution in [3.8, 4) is 0 Å². The van der Waals surface area contributed by atoms with Crippen LogP contribution in [0.15, 0.2) is 23.2 Å². The zero-order chi connectivity index (χ0) is 13.7. The molecule has 2 N–H and O–H groups in total. The lowest BCUT2D eigenvalue weighted by atomic mass is 10.3. The Labute approximate surface area is 119 Å². The molecule has 0 fully saturated rings. The van der Waals surface area contributed by atoms with Crippen molar-refractivity contribution < 1.29 is 4.79 Å². The molecule has 0 spiro atoms. The topological polar surface area (TPSA) is 71.3 Å². The van der Waals surface area contributed by atoms with E-state index in [1.807, 2.05) is 23.7 Å². The fraction of sp³-hybridized carbons (Fsp3) is 0.417. The van der Waals surface area contributed by atoms with Crippen molar-refractivity contribution in [2.75, 3.05) is 18.4 Å². The highest BCUT2D eigenvalue weighted by Gasteiger charge is 2.06. The van der Waals surface area contributed by atoms with Crippen LogP contribution in [0.5, 0.6) is 0 Å². The van der Waals surface area contributed by atoms with Crippen molar-refractivity contribution in [1.82, 2.24) is 19.7 Å². The molecule has 102 valence electrons. The lowest BCUT2D eigenvalue weighted by Gasteiger charge is -2.07. The SMILES string of the molecule is CCCNC(=O)CCNc1nc(Br)cn2ccnc12. The van der Waals surface area contributed by atoms with Gasteiger partial charge in [0.2, 0.25) is 5.91 Å². The lowest BCUT2D eigenvalue weighted by molar-refractivity contribution is -0.120. The van der Waals surface area contributed by atoms with E-state index in [4.69, 9.17) is 0 Å². The summed E-state index contributed by atoms with van der Waals surface area (Å²) in [5.74, 6) is 0.714. The minimum atomic E-state index is 0.0451. The number of imidazole rings is 1. The van der Waals surface area contributed by atoms with E-state index in [-0.39, 0.29) is 5.91 Å². The number of carbonyl (C=O) groups excluding carboxylic acids is 1. The molecule has 0 radical (unpaired) electrons. The summed E-state index contributed by atoms with van der Waals surface area (Å²) < 4.78 is 2.59. The minimum absolute atomic E-state index is 0.0451. The summed E-state index contributed by atoms with van der Waals surface area (Å²) in [7, 11) is 0. The van der Waals surface area contributed by atoms with Crippen molar-refractivity contribution in [3.05, 3.63) is 23.2 Å². The molecule has 0 saturated carbocycles. The van der Waals surface area contributed by atoms with Gasteiger partial charge in [-0.3, -0.25) is 4.79 Å². The first-order chi connectivity index (χ1) is 9.20. The van der Waals surface area contributed by atoms with Crippen LogP contribution in [0.4, 0.5) is 5.82 Å². The average Bonchev–Trinajstić information content (AvgIpc) is 2.84. The second-order valence-electron chi connectivity index (χ2n) is 4.10. The highest BCUT2D eigenvalue weighted by molar-refractivity contribution is 9.10. The second kappa shape index (κ2) is 6.51. The Morgan fingerprint density at radius 1 is 1.47 bits per heavy atom. The van der Waals surface area contributed by atoms with Crippen LogP contribution in [0.3, 0.4) is 0 Å². The Kier molecular flexibility index (Phi) is 4.73. The van der Waals surface area contributed by atoms with Crippen molar-refractivity contribution in [3.63, 3.8) is 0 Å². The van der Waals surface area contributed by atoms with E-state index in [1.165, 1.54) is 0 Å². The van der Waals surface area contributed by atoms with Gasteiger partial charge in [0, 0.05) is 38.1 Å². The first-order valence-electron chi connectivity index (χ1n) is 6.20. The number of halogens is 1. The zero-order valence-corrected chi connectivity index (χ0v) is 12.3. The van der Waals surface area contributed by atoms with Gasteiger partial charge in [0.05, 0.1) is 0 Å². The van der Waals surface area contributed by atoms with Crippen LogP contribution in [-0.4, -0.2) is 33.4 Å². The molecule has 0 atom stereocenters. The van der Waals surface area contributed by atoms with Crippen LogP contribution in [0.25, 0.3) is 5.65 Å². The molecule has 0 bridgehead atoms. The molecule has 0 aliphatic carbocycles. The van der Waals surface area contributed by atoms with Crippen molar-refractivity contribution >= 4 is 33.3 Å². The van der Waals surface area contributed by atoms with Crippen LogP contribution in [0.1, 0.15) is 19.8 Å². The summed E-state index contributed by atoms with van der Waals surface area (Å²) in [4.78, 5) is 20.0. The number of anilines is 1. The van der Waals surface area contributed by atoms with Gasteiger partial charge in [-0.05, 0) is 22.4 Å². The number of fused-ring (bicyclic) bond motifs is 1. The molecule has 2 heterocycles. The largest absolute Gasteiger partial charge is 0.366 e. The smallest absolute Gasteiger partial charge is 0.221 e. The molecule has 7 heteroatoms. The number of hydrogen-bond donors (Lipinski definition) is 2. The van der Waals surface area contributed by atoms with Crippen LogP contribution < -0.4 is 10.6 Å². The minimum Gasteiger partial charge on any atom is -0.366 e. The summed E-state index contributed by atoms with van der Waals surface area (Å²) in [5, 5.41) is 5.97. The van der Waals surface area contributed by atoms with Crippen molar-refractivity contribution in [2.45, 2.75) is 19.8 Å². The normalized spacial score (nSPS) is 10.6. The van der Waals surface area contributed by atoms with Gasteiger partial charge >= 0.3 is 0 Å². The predicted octanol–water partition coefficient (Wildman–Crippen LogP) is 1.82. The summed E-state index contributed by atoms with van der Waals surface area (Å²) in [6.45, 7) is 3.28. The number of nitrogens with zero attached hydrogens (tertiary/aromatic N) is 3. The third-order valence-electron chi connectivity index (χ3n) is 2.56. The third-order valence-corrected chi connectivity index (χ3v) is 2.94. The molecule has 2 aromatic rings. The number of aromatic nitrogens is 3. The average molecular weight is 326 g/mol. The molecule has 2 rings (SSSR count). The Bertz CT molecular complexity index is 568.